The van der Waals surface area contributed by atoms with Gasteiger partial charge in [0.25, 0.3) is 5.69 Å². The van der Waals surface area contributed by atoms with E-state index in [0.717, 1.165) is 32.0 Å². The van der Waals surface area contributed by atoms with E-state index in [0.29, 0.717) is 12.6 Å². The van der Waals surface area contributed by atoms with Gasteiger partial charge in [0.1, 0.15) is 0 Å². The molecule has 1 unspecified atom stereocenters. The first-order valence-electron chi connectivity index (χ1n) is 8.42. The van der Waals surface area contributed by atoms with Gasteiger partial charge in [0.15, 0.2) is 0 Å². The smallest absolute Gasteiger partial charge is 0.270 e. The van der Waals surface area contributed by atoms with Gasteiger partial charge in [-0.3, -0.25) is 10.1 Å². The van der Waals surface area contributed by atoms with Crippen LogP contribution in [0.3, 0.4) is 0 Å². The number of nitro groups is 1. The fourth-order valence-electron chi connectivity index (χ4n) is 3.15. The Hall–Kier alpha value is -1.51. The van der Waals surface area contributed by atoms with E-state index in [1.165, 1.54) is 37.5 Å². The zero-order chi connectivity index (χ0) is 17.6. The third-order valence-corrected chi connectivity index (χ3v) is 5.93. The van der Waals surface area contributed by atoms with Gasteiger partial charge in [0.05, 0.1) is 9.82 Å². The van der Waals surface area contributed by atoms with Crippen LogP contribution >= 0.6 is 0 Å². The third kappa shape index (κ3) is 4.99. The van der Waals surface area contributed by atoms with Crippen molar-refractivity contribution in [2.75, 3.05) is 19.6 Å². The van der Waals surface area contributed by atoms with Gasteiger partial charge in [-0.25, -0.2) is 13.1 Å². The van der Waals surface area contributed by atoms with Gasteiger partial charge >= 0.3 is 0 Å². The van der Waals surface area contributed by atoms with Crippen molar-refractivity contribution in [2.24, 2.45) is 0 Å². The first-order chi connectivity index (χ1) is 11.4. The predicted molar refractivity (Wildman–Crippen MR) is 92.4 cm³/mol. The van der Waals surface area contributed by atoms with E-state index in [9.17, 15) is 18.5 Å². The number of hydrogen-bond donors (Lipinski definition) is 1. The first kappa shape index (κ1) is 18.8. The highest BCUT2D eigenvalue weighted by Crippen LogP contribution is 2.20. The van der Waals surface area contributed by atoms with Crippen LogP contribution < -0.4 is 4.72 Å². The van der Waals surface area contributed by atoms with E-state index in [1.54, 1.807) is 0 Å². The molecular formula is C16H25N3O4S. The van der Waals surface area contributed by atoms with Gasteiger partial charge in [-0.2, -0.15) is 0 Å². The van der Waals surface area contributed by atoms with Crippen molar-refractivity contribution in [2.45, 2.75) is 50.0 Å². The minimum absolute atomic E-state index is 0.0684. The van der Waals surface area contributed by atoms with Crippen LogP contribution in [0.5, 0.6) is 0 Å². The monoisotopic (exact) mass is 355 g/mol. The van der Waals surface area contributed by atoms with E-state index in [-0.39, 0.29) is 10.6 Å². The maximum absolute atomic E-state index is 12.2. The molecule has 0 amide bonds. The summed E-state index contributed by atoms with van der Waals surface area (Å²) in [5.74, 6) is 0. The van der Waals surface area contributed by atoms with Gasteiger partial charge in [0.2, 0.25) is 10.0 Å². The van der Waals surface area contributed by atoms with Crippen molar-refractivity contribution in [3.63, 3.8) is 0 Å². The number of nitro benzene ring substituents is 1. The molecule has 1 N–H and O–H groups in total. The molecule has 1 fully saturated rings. The van der Waals surface area contributed by atoms with Crippen LogP contribution in [0.4, 0.5) is 5.69 Å². The zero-order valence-corrected chi connectivity index (χ0v) is 14.8. The lowest BCUT2D eigenvalue weighted by Gasteiger charge is -2.35. The summed E-state index contributed by atoms with van der Waals surface area (Å²) in [6.07, 6.45) is 5.55. The summed E-state index contributed by atoms with van der Waals surface area (Å²) in [7, 11) is -3.71. The van der Waals surface area contributed by atoms with Crippen LogP contribution in [0, 0.1) is 10.1 Å². The van der Waals surface area contributed by atoms with Crippen LogP contribution in [0.25, 0.3) is 0 Å². The van der Waals surface area contributed by atoms with E-state index in [1.807, 2.05) is 0 Å². The lowest BCUT2D eigenvalue weighted by Crippen LogP contribution is -2.40. The van der Waals surface area contributed by atoms with Crippen molar-refractivity contribution < 1.29 is 13.3 Å². The molecule has 1 aromatic carbocycles. The van der Waals surface area contributed by atoms with Crippen molar-refractivity contribution >= 4 is 15.7 Å². The van der Waals surface area contributed by atoms with Gasteiger partial charge < -0.3 is 4.90 Å². The minimum atomic E-state index is -3.71. The Morgan fingerprint density at radius 2 is 2.17 bits per heavy atom. The average molecular weight is 355 g/mol. The zero-order valence-electron chi connectivity index (χ0n) is 14.0. The molecule has 0 aromatic heterocycles. The number of piperidine rings is 1. The summed E-state index contributed by atoms with van der Waals surface area (Å²) in [6, 6.07) is 5.71. The Bertz CT molecular complexity index is 663. The van der Waals surface area contributed by atoms with Crippen LogP contribution in [-0.4, -0.2) is 43.9 Å². The van der Waals surface area contributed by atoms with Gasteiger partial charge in [-0.1, -0.05) is 19.4 Å². The molecule has 0 saturated carbocycles. The number of hydrogen-bond acceptors (Lipinski definition) is 5. The predicted octanol–water partition coefficient (Wildman–Crippen LogP) is 2.53. The molecule has 8 heteroatoms. The molecule has 0 spiro atoms. The molecule has 24 heavy (non-hydrogen) atoms. The second-order valence-electron chi connectivity index (χ2n) is 6.10. The number of rotatable bonds is 8. The molecule has 2 rings (SSSR count). The van der Waals surface area contributed by atoms with Gasteiger partial charge in [0, 0.05) is 24.7 Å². The van der Waals surface area contributed by atoms with E-state index >= 15 is 0 Å². The highest BCUT2D eigenvalue weighted by Gasteiger charge is 2.21. The average Bonchev–Trinajstić information content (AvgIpc) is 2.59. The van der Waals surface area contributed by atoms with Crippen molar-refractivity contribution in [1.29, 1.82) is 0 Å². The number of nitrogens with zero attached hydrogens (tertiary/aromatic N) is 2. The highest BCUT2D eigenvalue weighted by molar-refractivity contribution is 7.89. The maximum atomic E-state index is 12.2. The van der Waals surface area contributed by atoms with Crippen molar-refractivity contribution in [1.82, 2.24) is 9.62 Å². The Morgan fingerprint density at radius 3 is 2.88 bits per heavy atom. The Kier molecular flexibility index (Phi) is 6.70. The molecule has 134 valence electrons. The SMILES string of the molecule is CCC1CCCCN1CCCNS(=O)(=O)c1cccc([N+](=O)[O-])c1. The van der Waals surface area contributed by atoms with E-state index in [4.69, 9.17) is 0 Å². The molecular weight excluding hydrogens is 330 g/mol. The van der Waals surface area contributed by atoms with Crippen molar-refractivity contribution in [3.05, 3.63) is 34.4 Å². The molecule has 1 aliphatic rings. The number of likely N-dealkylation sites (tertiary alicyclic amines) is 1. The molecule has 1 atom stereocenters. The third-order valence-electron chi connectivity index (χ3n) is 4.47. The molecule has 0 aliphatic carbocycles. The highest BCUT2D eigenvalue weighted by atomic mass is 32.2. The topological polar surface area (TPSA) is 92.6 Å². The van der Waals surface area contributed by atoms with Crippen LogP contribution in [0.2, 0.25) is 0 Å². The first-order valence-corrected chi connectivity index (χ1v) is 9.90. The lowest BCUT2D eigenvalue weighted by atomic mass is 10.00. The summed E-state index contributed by atoms with van der Waals surface area (Å²) in [4.78, 5) is 12.5. The van der Waals surface area contributed by atoms with Crippen LogP contribution in [0.15, 0.2) is 29.2 Å². The lowest BCUT2D eigenvalue weighted by molar-refractivity contribution is -0.385. The van der Waals surface area contributed by atoms with E-state index in [2.05, 4.69) is 16.5 Å². The van der Waals surface area contributed by atoms with E-state index < -0.39 is 14.9 Å². The van der Waals surface area contributed by atoms with Gasteiger partial charge in [-0.05, 0) is 44.8 Å². The van der Waals surface area contributed by atoms with Crippen LogP contribution in [0.1, 0.15) is 39.0 Å². The molecule has 1 heterocycles. The summed E-state index contributed by atoms with van der Waals surface area (Å²) in [6.45, 7) is 4.47. The molecule has 0 bridgehead atoms. The number of nitrogens with one attached hydrogen (secondary N) is 1. The summed E-state index contributed by atoms with van der Waals surface area (Å²) < 4.78 is 27.0. The Balaban J connectivity index is 1.86. The summed E-state index contributed by atoms with van der Waals surface area (Å²) in [5.41, 5.74) is -0.225. The Labute approximate surface area is 143 Å². The molecule has 1 aliphatic heterocycles. The largest absolute Gasteiger partial charge is 0.300 e. The van der Waals surface area contributed by atoms with Crippen LogP contribution in [-0.2, 0) is 10.0 Å². The molecule has 1 saturated heterocycles. The fourth-order valence-corrected chi connectivity index (χ4v) is 4.27. The normalized spacial score (nSPS) is 19.3. The summed E-state index contributed by atoms with van der Waals surface area (Å²) in [5, 5.41) is 10.8. The molecule has 7 nitrogen and oxygen atoms in total. The number of non-ortho nitro benzene ring substituents is 1. The second-order valence-corrected chi connectivity index (χ2v) is 7.87. The number of benzene rings is 1. The number of sulfonamides is 1. The second kappa shape index (κ2) is 8.55. The Morgan fingerprint density at radius 1 is 1.38 bits per heavy atom. The van der Waals surface area contributed by atoms with Crippen molar-refractivity contribution in [3.8, 4) is 0 Å². The summed E-state index contributed by atoms with van der Waals surface area (Å²) >= 11 is 0. The maximum Gasteiger partial charge on any atom is 0.270 e. The molecule has 0 radical (unpaired) electrons. The minimum Gasteiger partial charge on any atom is -0.300 e. The standard InChI is InChI=1S/C16H25N3O4S/c1-2-14-7-3-4-11-18(14)12-6-10-17-24(22,23)16-9-5-8-15(13-16)19(20)21/h5,8-9,13-14,17H,2-4,6-7,10-12H2,1H3. The molecule has 1 aromatic rings. The van der Waals surface area contributed by atoms with Gasteiger partial charge in [-0.15, -0.1) is 0 Å². The quantitative estimate of drug-likeness (QED) is 0.439. The fraction of sp³-hybridized carbons (Fsp3) is 0.625.